The Balaban J connectivity index is 2.80. The highest BCUT2D eigenvalue weighted by Gasteiger charge is 2.08. The third-order valence-electron chi connectivity index (χ3n) is 1.74. The Morgan fingerprint density at radius 3 is 2.69 bits per heavy atom. The molecule has 0 aliphatic heterocycles. The molecule has 0 fully saturated rings. The maximum absolute atomic E-state index is 5.42. The van der Waals surface area contributed by atoms with Gasteiger partial charge in [0.15, 0.2) is 16.0 Å². The smallest absolute Gasteiger partial charge is 0.177 e. The van der Waals surface area contributed by atoms with Crippen molar-refractivity contribution in [1.29, 1.82) is 0 Å². The number of fused-ring (bicyclic) bond motifs is 1. The highest BCUT2D eigenvalue weighted by molar-refractivity contribution is 9.10. The van der Waals surface area contributed by atoms with E-state index in [2.05, 4.69) is 31.9 Å². The zero-order valence-electron chi connectivity index (χ0n) is 6.80. The first-order chi connectivity index (χ1) is 6.20. The van der Waals surface area contributed by atoms with Crippen LogP contribution < -0.4 is 4.74 Å². The van der Waals surface area contributed by atoms with Gasteiger partial charge in [-0.2, -0.15) is 0 Å². The van der Waals surface area contributed by atoms with Crippen molar-refractivity contribution < 1.29 is 9.15 Å². The van der Waals surface area contributed by atoms with E-state index in [0.717, 1.165) is 21.2 Å². The molecule has 4 heteroatoms. The van der Waals surface area contributed by atoms with Crippen LogP contribution in [0.1, 0.15) is 0 Å². The van der Waals surface area contributed by atoms with Crippen molar-refractivity contribution in [3.63, 3.8) is 0 Å². The monoisotopic (exact) mass is 304 g/mol. The van der Waals surface area contributed by atoms with E-state index in [9.17, 15) is 0 Å². The van der Waals surface area contributed by atoms with Crippen molar-refractivity contribution in [3.05, 3.63) is 27.3 Å². The van der Waals surface area contributed by atoms with Gasteiger partial charge < -0.3 is 9.15 Å². The maximum Gasteiger partial charge on any atom is 0.177 e. The average molecular weight is 306 g/mol. The zero-order chi connectivity index (χ0) is 9.42. The quantitative estimate of drug-likeness (QED) is 0.795. The summed E-state index contributed by atoms with van der Waals surface area (Å²) in [5.41, 5.74) is 0.762. The van der Waals surface area contributed by atoms with Gasteiger partial charge in [-0.15, -0.1) is 0 Å². The van der Waals surface area contributed by atoms with Crippen LogP contribution in [0.25, 0.3) is 11.0 Å². The van der Waals surface area contributed by atoms with E-state index in [1.165, 1.54) is 0 Å². The summed E-state index contributed by atoms with van der Waals surface area (Å²) in [6.07, 6.45) is 0. The second kappa shape index (κ2) is 3.35. The number of halogens is 2. The molecule has 0 radical (unpaired) electrons. The number of hydrogen-bond acceptors (Lipinski definition) is 2. The standard InChI is InChI=1S/C9H6Br2O2/c1-12-7-4-6(10)2-5-3-8(11)13-9(5)7/h2-4H,1H3. The summed E-state index contributed by atoms with van der Waals surface area (Å²) >= 11 is 6.67. The number of methoxy groups -OCH3 is 1. The molecular formula is C9H6Br2O2. The van der Waals surface area contributed by atoms with Gasteiger partial charge in [0.25, 0.3) is 0 Å². The second-order valence-electron chi connectivity index (χ2n) is 2.58. The minimum absolute atomic E-state index is 0.707. The van der Waals surface area contributed by atoms with Gasteiger partial charge >= 0.3 is 0 Å². The summed E-state index contributed by atoms with van der Waals surface area (Å²) in [5.74, 6) is 0.732. The summed E-state index contributed by atoms with van der Waals surface area (Å²) in [4.78, 5) is 0. The maximum atomic E-state index is 5.42. The van der Waals surface area contributed by atoms with E-state index in [-0.39, 0.29) is 0 Å². The Hall–Kier alpha value is -0.480. The van der Waals surface area contributed by atoms with Gasteiger partial charge in [-0.25, -0.2) is 0 Å². The summed E-state index contributed by atoms with van der Waals surface area (Å²) in [5, 5.41) is 1.01. The van der Waals surface area contributed by atoms with E-state index >= 15 is 0 Å². The van der Waals surface area contributed by atoms with Crippen LogP contribution in [-0.2, 0) is 0 Å². The molecule has 2 aromatic rings. The fourth-order valence-corrected chi connectivity index (χ4v) is 2.07. The largest absolute Gasteiger partial charge is 0.493 e. The third-order valence-corrected chi connectivity index (χ3v) is 2.59. The van der Waals surface area contributed by atoms with Gasteiger partial charge in [0, 0.05) is 9.86 Å². The fraction of sp³-hybridized carbons (Fsp3) is 0.111. The molecule has 0 unspecified atom stereocenters. The highest BCUT2D eigenvalue weighted by Crippen LogP contribution is 2.33. The van der Waals surface area contributed by atoms with Gasteiger partial charge in [0.2, 0.25) is 0 Å². The molecule has 68 valence electrons. The topological polar surface area (TPSA) is 22.4 Å². The van der Waals surface area contributed by atoms with E-state index in [4.69, 9.17) is 9.15 Å². The summed E-state index contributed by atoms with van der Waals surface area (Å²) in [7, 11) is 1.62. The molecule has 1 aromatic heterocycles. The lowest BCUT2D eigenvalue weighted by Crippen LogP contribution is -1.82. The summed E-state index contributed by atoms with van der Waals surface area (Å²) in [6, 6.07) is 5.76. The molecule has 0 N–H and O–H groups in total. The predicted octanol–water partition coefficient (Wildman–Crippen LogP) is 3.97. The van der Waals surface area contributed by atoms with Crippen LogP contribution in [0.2, 0.25) is 0 Å². The van der Waals surface area contributed by atoms with Crippen LogP contribution in [0.5, 0.6) is 5.75 Å². The Labute approximate surface area is 92.1 Å². The zero-order valence-corrected chi connectivity index (χ0v) is 9.98. The molecular weight excluding hydrogens is 300 g/mol. The molecule has 2 rings (SSSR count). The van der Waals surface area contributed by atoms with Crippen molar-refractivity contribution in [2.75, 3.05) is 7.11 Å². The van der Waals surface area contributed by atoms with Crippen LogP contribution in [0, 0.1) is 0 Å². The van der Waals surface area contributed by atoms with E-state index in [1.807, 2.05) is 18.2 Å². The van der Waals surface area contributed by atoms with Crippen molar-refractivity contribution in [3.8, 4) is 5.75 Å². The minimum atomic E-state index is 0.707. The lowest BCUT2D eigenvalue weighted by Gasteiger charge is -2.00. The van der Waals surface area contributed by atoms with Crippen molar-refractivity contribution in [2.24, 2.45) is 0 Å². The summed E-state index contributed by atoms with van der Waals surface area (Å²) in [6.45, 7) is 0. The molecule has 0 aliphatic carbocycles. The number of furan rings is 1. The molecule has 0 amide bonds. The number of benzene rings is 1. The number of rotatable bonds is 1. The Morgan fingerprint density at radius 1 is 1.23 bits per heavy atom. The van der Waals surface area contributed by atoms with Gasteiger partial charge in [0.05, 0.1) is 7.11 Å². The predicted molar refractivity (Wildman–Crippen MR) is 58.2 cm³/mol. The molecule has 2 nitrogen and oxygen atoms in total. The molecule has 0 aliphatic rings. The lowest BCUT2D eigenvalue weighted by atomic mass is 10.2. The van der Waals surface area contributed by atoms with Crippen LogP contribution in [0.15, 0.2) is 31.8 Å². The first-order valence-electron chi connectivity index (χ1n) is 3.63. The summed E-state index contributed by atoms with van der Waals surface area (Å²) < 4.78 is 12.3. The average Bonchev–Trinajstić information content (AvgIpc) is 2.43. The van der Waals surface area contributed by atoms with Gasteiger partial charge in [-0.05, 0) is 34.1 Å². The Kier molecular flexibility index (Phi) is 2.34. The SMILES string of the molecule is COc1cc(Br)cc2cc(Br)oc12. The molecule has 1 aromatic carbocycles. The number of ether oxygens (including phenoxy) is 1. The molecule has 0 atom stereocenters. The molecule has 0 spiro atoms. The second-order valence-corrected chi connectivity index (χ2v) is 4.27. The van der Waals surface area contributed by atoms with Gasteiger partial charge in [0.1, 0.15) is 0 Å². The van der Waals surface area contributed by atoms with Crippen molar-refractivity contribution in [1.82, 2.24) is 0 Å². The van der Waals surface area contributed by atoms with Crippen LogP contribution in [0.4, 0.5) is 0 Å². The van der Waals surface area contributed by atoms with E-state index in [1.54, 1.807) is 7.11 Å². The van der Waals surface area contributed by atoms with Crippen molar-refractivity contribution >= 4 is 42.8 Å². The Bertz CT molecular complexity index is 448. The van der Waals surface area contributed by atoms with Gasteiger partial charge in [-0.3, -0.25) is 0 Å². The molecule has 1 heterocycles. The first-order valence-corrected chi connectivity index (χ1v) is 5.22. The first kappa shape index (κ1) is 9.09. The van der Waals surface area contributed by atoms with E-state index < -0.39 is 0 Å². The van der Waals surface area contributed by atoms with Crippen molar-refractivity contribution in [2.45, 2.75) is 0 Å². The van der Waals surface area contributed by atoms with Gasteiger partial charge in [-0.1, -0.05) is 15.9 Å². The molecule has 13 heavy (non-hydrogen) atoms. The molecule has 0 bridgehead atoms. The third kappa shape index (κ3) is 1.60. The van der Waals surface area contributed by atoms with Crippen LogP contribution in [-0.4, -0.2) is 7.11 Å². The van der Waals surface area contributed by atoms with Crippen LogP contribution in [0.3, 0.4) is 0 Å². The van der Waals surface area contributed by atoms with E-state index in [0.29, 0.717) is 4.67 Å². The fourth-order valence-electron chi connectivity index (χ4n) is 1.21. The Morgan fingerprint density at radius 2 is 2.00 bits per heavy atom. The highest BCUT2D eigenvalue weighted by atomic mass is 79.9. The molecule has 0 saturated heterocycles. The molecule has 0 saturated carbocycles. The van der Waals surface area contributed by atoms with Crippen LogP contribution >= 0.6 is 31.9 Å². The lowest BCUT2D eigenvalue weighted by molar-refractivity contribution is 0.408. The normalized spacial score (nSPS) is 10.7. The minimum Gasteiger partial charge on any atom is -0.493 e. The number of hydrogen-bond donors (Lipinski definition) is 0.